The molecule has 3 rings (SSSR count). The maximum atomic E-state index is 13.0. The molecule has 2 unspecified atom stereocenters. The van der Waals surface area contributed by atoms with E-state index in [0.717, 1.165) is 4.90 Å². The van der Waals surface area contributed by atoms with Gasteiger partial charge in [-0.25, -0.2) is 4.39 Å². The SMILES string of the molecule is O=C1C2CC2C(=O)N1c1ccc(F)c(Br)c1. The van der Waals surface area contributed by atoms with Gasteiger partial charge in [0.1, 0.15) is 5.82 Å². The van der Waals surface area contributed by atoms with Crippen LogP contribution in [0, 0.1) is 17.7 Å². The van der Waals surface area contributed by atoms with Gasteiger partial charge in [-0.05, 0) is 40.5 Å². The molecule has 0 radical (unpaired) electrons. The Morgan fingerprint density at radius 2 is 1.88 bits per heavy atom. The van der Waals surface area contributed by atoms with Crippen LogP contribution in [0.15, 0.2) is 22.7 Å². The van der Waals surface area contributed by atoms with Crippen molar-refractivity contribution in [1.82, 2.24) is 0 Å². The van der Waals surface area contributed by atoms with Crippen LogP contribution in [-0.4, -0.2) is 11.8 Å². The molecule has 1 saturated carbocycles. The minimum absolute atomic E-state index is 0.128. The summed E-state index contributed by atoms with van der Waals surface area (Å²) in [5, 5.41) is 0. The number of fused-ring (bicyclic) bond motifs is 1. The molecule has 2 fully saturated rings. The molecule has 1 aliphatic carbocycles. The van der Waals surface area contributed by atoms with E-state index in [-0.39, 0.29) is 28.1 Å². The number of carbonyl (C=O) groups is 2. The smallest absolute Gasteiger partial charge is 0.237 e. The van der Waals surface area contributed by atoms with Crippen molar-refractivity contribution in [2.75, 3.05) is 4.90 Å². The third-order valence-corrected chi connectivity index (χ3v) is 3.63. The molecule has 2 atom stereocenters. The molecule has 1 heterocycles. The van der Waals surface area contributed by atoms with Crippen molar-refractivity contribution in [2.24, 2.45) is 11.8 Å². The highest BCUT2D eigenvalue weighted by atomic mass is 79.9. The van der Waals surface area contributed by atoms with Gasteiger partial charge in [-0.1, -0.05) is 0 Å². The highest BCUT2D eigenvalue weighted by Crippen LogP contribution is 2.48. The fourth-order valence-electron chi connectivity index (χ4n) is 2.06. The fraction of sp³-hybridized carbons (Fsp3) is 0.273. The Balaban J connectivity index is 2.01. The third kappa shape index (κ3) is 1.24. The summed E-state index contributed by atoms with van der Waals surface area (Å²) in [5.74, 6) is -0.984. The molecule has 2 amide bonds. The first-order valence-electron chi connectivity index (χ1n) is 4.92. The summed E-state index contributed by atoms with van der Waals surface area (Å²) < 4.78 is 13.3. The molecule has 1 saturated heterocycles. The first-order chi connectivity index (χ1) is 7.59. The van der Waals surface area contributed by atoms with Crippen molar-refractivity contribution >= 4 is 33.4 Å². The number of amides is 2. The summed E-state index contributed by atoms with van der Waals surface area (Å²) in [7, 11) is 0. The van der Waals surface area contributed by atoms with Gasteiger partial charge in [-0.15, -0.1) is 0 Å². The average Bonchev–Trinajstić information content (AvgIpc) is 2.98. The second-order valence-corrected chi connectivity index (χ2v) is 4.91. The number of carbonyl (C=O) groups excluding carboxylic acids is 2. The first kappa shape index (κ1) is 9.96. The number of halogens is 2. The zero-order valence-corrected chi connectivity index (χ0v) is 9.70. The van der Waals surface area contributed by atoms with Crippen LogP contribution in [-0.2, 0) is 9.59 Å². The lowest BCUT2D eigenvalue weighted by Crippen LogP contribution is -2.32. The van der Waals surface area contributed by atoms with Gasteiger partial charge in [0.05, 0.1) is 22.0 Å². The van der Waals surface area contributed by atoms with Gasteiger partial charge in [0, 0.05) is 0 Å². The van der Waals surface area contributed by atoms with Gasteiger partial charge in [0.15, 0.2) is 0 Å². The van der Waals surface area contributed by atoms with E-state index < -0.39 is 5.82 Å². The van der Waals surface area contributed by atoms with E-state index in [2.05, 4.69) is 15.9 Å². The summed E-state index contributed by atoms with van der Waals surface area (Å²) in [6.07, 6.45) is 0.677. The number of rotatable bonds is 1. The molecule has 1 aromatic carbocycles. The molecule has 3 nitrogen and oxygen atoms in total. The molecule has 16 heavy (non-hydrogen) atoms. The average molecular weight is 284 g/mol. The van der Waals surface area contributed by atoms with Crippen molar-refractivity contribution in [3.63, 3.8) is 0 Å². The summed E-state index contributed by atoms with van der Waals surface area (Å²) in [6, 6.07) is 4.14. The lowest BCUT2D eigenvalue weighted by molar-refractivity contribution is -0.123. The van der Waals surface area contributed by atoms with Gasteiger partial charge in [-0.3, -0.25) is 14.5 Å². The molecular formula is C11H7BrFNO2. The molecule has 5 heteroatoms. The molecule has 0 aromatic heterocycles. The molecule has 0 spiro atoms. The lowest BCUT2D eigenvalue weighted by Gasteiger charge is -2.16. The molecule has 0 N–H and O–H groups in total. The van der Waals surface area contributed by atoms with Crippen molar-refractivity contribution < 1.29 is 14.0 Å². The second-order valence-electron chi connectivity index (χ2n) is 4.06. The van der Waals surface area contributed by atoms with Crippen LogP contribution >= 0.6 is 15.9 Å². The Bertz CT molecular complexity index is 497. The quantitative estimate of drug-likeness (QED) is 0.741. The van der Waals surface area contributed by atoms with Crippen LogP contribution in [0.25, 0.3) is 0 Å². The molecule has 1 aliphatic heterocycles. The second kappa shape index (κ2) is 3.13. The topological polar surface area (TPSA) is 37.4 Å². The van der Waals surface area contributed by atoms with Crippen molar-refractivity contribution in [3.8, 4) is 0 Å². The first-order valence-corrected chi connectivity index (χ1v) is 5.72. The minimum Gasteiger partial charge on any atom is -0.274 e. The van der Waals surface area contributed by atoms with Crippen LogP contribution in [0.4, 0.5) is 10.1 Å². The molecule has 2 aliphatic rings. The maximum Gasteiger partial charge on any atom is 0.237 e. The van der Waals surface area contributed by atoms with E-state index in [0.29, 0.717) is 12.1 Å². The van der Waals surface area contributed by atoms with Gasteiger partial charge >= 0.3 is 0 Å². The van der Waals surface area contributed by atoms with Crippen LogP contribution in [0.3, 0.4) is 0 Å². The van der Waals surface area contributed by atoms with E-state index in [1.165, 1.54) is 18.2 Å². The Kier molecular flexibility index (Phi) is 1.95. The predicted octanol–water partition coefficient (Wildman–Crippen LogP) is 2.10. The summed E-state index contributed by atoms with van der Waals surface area (Å²) in [5.41, 5.74) is 0.440. The van der Waals surface area contributed by atoms with Gasteiger partial charge in [0.2, 0.25) is 11.8 Å². The van der Waals surface area contributed by atoms with Gasteiger partial charge in [-0.2, -0.15) is 0 Å². The highest BCUT2D eigenvalue weighted by molar-refractivity contribution is 9.10. The van der Waals surface area contributed by atoms with Crippen molar-refractivity contribution in [2.45, 2.75) is 6.42 Å². The maximum absolute atomic E-state index is 13.0. The van der Waals surface area contributed by atoms with Crippen molar-refractivity contribution in [3.05, 3.63) is 28.5 Å². The standard InChI is InChI=1S/C11H7BrFNO2/c12-8-3-5(1-2-9(8)13)14-10(15)6-4-7(6)11(14)16/h1-3,6-7H,4H2. The summed E-state index contributed by atoms with van der Waals surface area (Å²) >= 11 is 3.04. The minimum atomic E-state index is -0.409. The Labute approximate surface area is 99.4 Å². The number of hydrogen-bond donors (Lipinski definition) is 0. The number of nitrogens with zero attached hydrogens (tertiary/aromatic N) is 1. The number of anilines is 1. The van der Waals surface area contributed by atoms with E-state index in [4.69, 9.17) is 0 Å². The van der Waals surface area contributed by atoms with Crippen LogP contribution < -0.4 is 4.90 Å². The molecule has 0 bridgehead atoms. The molecule has 1 aromatic rings. The number of benzene rings is 1. The normalized spacial score (nSPS) is 27.2. The lowest BCUT2D eigenvalue weighted by atomic mass is 10.2. The number of imide groups is 1. The fourth-order valence-corrected chi connectivity index (χ4v) is 2.43. The highest BCUT2D eigenvalue weighted by Gasteiger charge is 2.59. The number of piperidine rings is 1. The number of hydrogen-bond acceptors (Lipinski definition) is 2. The van der Waals surface area contributed by atoms with Crippen LogP contribution in [0.5, 0.6) is 0 Å². The Hall–Kier alpha value is -1.23. The monoisotopic (exact) mass is 283 g/mol. The largest absolute Gasteiger partial charge is 0.274 e. The Morgan fingerprint density at radius 1 is 1.25 bits per heavy atom. The zero-order chi connectivity index (χ0) is 11.4. The summed E-state index contributed by atoms with van der Waals surface area (Å²) in [6.45, 7) is 0. The molecule has 82 valence electrons. The van der Waals surface area contributed by atoms with E-state index in [9.17, 15) is 14.0 Å². The summed E-state index contributed by atoms with van der Waals surface area (Å²) in [4.78, 5) is 24.7. The van der Waals surface area contributed by atoms with E-state index in [1.807, 2.05) is 0 Å². The van der Waals surface area contributed by atoms with Crippen LogP contribution in [0.2, 0.25) is 0 Å². The van der Waals surface area contributed by atoms with E-state index >= 15 is 0 Å². The predicted molar refractivity (Wildman–Crippen MR) is 58.2 cm³/mol. The van der Waals surface area contributed by atoms with Crippen LogP contribution in [0.1, 0.15) is 6.42 Å². The van der Waals surface area contributed by atoms with Crippen molar-refractivity contribution in [1.29, 1.82) is 0 Å². The Morgan fingerprint density at radius 3 is 2.44 bits per heavy atom. The van der Waals surface area contributed by atoms with E-state index in [1.54, 1.807) is 0 Å². The van der Waals surface area contributed by atoms with Gasteiger partial charge in [0.25, 0.3) is 0 Å². The van der Waals surface area contributed by atoms with Gasteiger partial charge < -0.3 is 0 Å². The zero-order valence-electron chi connectivity index (χ0n) is 8.11. The third-order valence-electron chi connectivity index (χ3n) is 3.03. The molecular weight excluding hydrogens is 277 g/mol.